The first-order chi connectivity index (χ1) is 62.3. The van der Waals surface area contributed by atoms with Crippen molar-refractivity contribution < 1.29 is 109 Å². The van der Waals surface area contributed by atoms with Crippen molar-refractivity contribution in [2.45, 2.75) is 179 Å². The Kier molecular flexibility index (Phi) is 42.0. The number of halogens is 3. The summed E-state index contributed by atoms with van der Waals surface area (Å²) < 4.78 is 7.56. The monoisotopic (exact) mass is 1940 g/mol. The maximum atomic E-state index is 13.7. The molecular weight excluding hydrogens is 1840 g/mol. The fraction of sp³-hybridized carbons (Fsp3) is 0.383. The van der Waals surface area contributed by atoms with Crippen LogP contribution in [-0.4, -0.2) is 188 Å². The number of methoxy groups -OCH3 is 1. The van der Waals surface area contributed by atoms with Crippen LogP contribution >= 0.6 is 60.7 Å². The number of fused-ring (bicyclic) bond motifs is 5. The van der Waals surface area contributed by atoms with Gasteiger partial charge in [0.1, 0.15) is 46.8 Å². The number of ketones is 2. The number of carbonyl (C=O) groups is 9. The Morgan fingerprint density at radius 1 is 0.725 bits per heavy atom. The first kappa shape index (κ1) is 106. The molecule has 1 saturated carbocycles. The third kappa shape index (κ3) is 29.7. The Balaban J connectivity index is 0.000000211. The van der Waals surface area contributed by atoms with E-state index in [1.54, 1.807) is 103 Å². The van der Waals surface area contributed by atoms with Crippen LogP contribution in [0.3, 0.4) is 0 Å². The molecule has 5 aliphatic rings. The molecule has 0 radical (unpaired) electrons. The van der Waals surface area contributed by atoms with Crippen LogP contribution in [0, 0.1) is 40.7 Å². The number of amides is 2. The smallest absolute Gasteiger partial charge is 0.342 e. The number of aliphatic hydroxyl groups excluding tert-OH is 4. The van der Waals surface area contributed by atoms with E-state index in [1.165, 1.54) is 59.3 Å². The number of imidazole rings is 1. The van der Waals surface area contributed by atoms with Crippen LogP contribution in [0.4, 0.5) is 5.82 Å². The van der Waals surface area contributed by atoms with E-state index in [2.05, 4.69) is 46.9 Å². The van der Waals surface area contributed by atoms with E-state index < -0.39 is 122 Å². The van der Waals surface area contributed by atoms with Gasteiger partial charge in [-0.05, 0) is 177 Å². The third-order valence-electron chi connectivity index (χ3n) is 22.2. The number of phenols is 1. The number of nitro groups is 1. The number of aromatic nitrogens is 5. The number of primary amides is 2. The molecule has 5 heterocycles. The van der Waals surface area contributed by atoms with E-state index in [0.717, 1.165) is 111 Å². The highest BCUT2D eigenvalue weighted by Crippen LogP contribution is 2.58. The molecule has 0 unspecified atom stereocenters. The van der Waals surface area contributed by atoms with Crippen molar-refractivity contribution in [2.24, 2.45) is 40.1 Å². The van der Waals surface area contributed by atoms with Gasteiger partial charge in [-0.2, -0.15) is 0 Å². The number of Topliss-reactive ketones (excluding diaryl/α,β-unsaturated/α-hetero) is 2. The quantitative estimate of drug-likeness (QED) is 0.00712. The summed E-state index contributed by atoms with van der Waals surface area (Å²) in [5.74, 6) is -12.5. The largest absolute Gasteiger partial charge is 0.508 e. The lowest BCUT2D eigenvalue weighted by molar-refractivity contribution is -0.392. The van der Waals surface area contributed by atoms with Crippen LogP contribution in [0.25, 0.3) is 27.6 Å². The van der Waals surface area contributed by atoms with Gasteiger partial charge in [0, 0.05) is 125 Å². The topological polar surface area (TPSA) is 549 Å². The van der Waals surface area contributed by atoms with Crippen LogP contribution < -0.4 is 16.2 Å². The van der Waals surface area contributed by atoms with Crippen LogP contribution in [0.2, 0.25) is 10.0 Å². The number of pyridine rings is 1. The summed E-state index contributed by atoms with van der Waals surface area (Å²) >= 11 is 15.9. The number of hydrogen-bond donors (Lipinski definition) is 13. The SMILES string of the molecule is Brc1c(CC2=NCCC2)ccc2nccnc12.CC(C)[C@@H]1C(=O)C(C(N)=O)=C(O)[C@@]2(O)C(=O)C3=C(O)c4c(O)cccc4[C@H](C)[C@H]3[C@H](O)[C@@H]12.COc1ccc2cc([C@H](C)C(=O)O)ccc2c1.Cc1ncc([N+](=O)[O-])n1CCO.NC(=O)c1cccnc1.O=C(O)CCCCCCCC(=O)O.O=C(O)CCCC[C@@H]1CCSS1.O=C(O)Cc1ccccc1Cc1c(Cl)cccc1Cl. The molecule has 0 bridgehead atoms. The van der Waals surface area contributed by atoms with Gasteiger partial charge in [0.15, 0.2) is 17.2 Å². The van der Waals surface area contributed by atoms with Crippen LogP contribution in [0.15, 0.2) is 179 Å². The first-order valence-electron chi connectivity index (χ1n) is 42.1. The highest BCUT2D eigenvalue weighted by atomic mass is 79.9. The van der Waals surface area contributed by atoms with Crippen LogP contribution in [-0.2, 0) is 64.2 Å². The molecule has 2 fully saturated rings. The Hall–Kier alpha value is -11.7. The van der Waals surface area contributed by atoms with E-state index in [4.69, 9.17) is 70.0 Å². The van der Waals surface area contributed by atoms with E-state index in [1.807, 2.05) is 88.3 Å². The number of aliphatic imine (C=N–C) groups is 1. The number of unbranched alkanes of at least 4 members (excludes halogenated alkanes) is 5. The molecule has 131 heavy (non-hydrogen) atoms. The van der Waals surface area contributed by atoms with Gasteiger partial charge < -0.3 is 82.5 Å². The number of nitrogens with zero attached hydrogens (tertiary/aromatic N) is 7. The van der Waals surface area contributed by atoms with Crippen LogP contribution in [0.5, 0.6) is 11.5 Å². The number of ether oxygens (including phenoxy) is 1. The van der Waals surface area contributed by atoms with Gasteiger partial charge in [-0.15, -0.1) is 0 Å². The number of aliphatic carboxylic acids is 5. The van der Waals surface area contributed by atoms with Crippen molar-refractivity contribution in [1.82, 2.24) is 24.5 Å². The van der Waals surface area contributed by atoms with Crippen molar-refractivity contribution in [3.63, 3.8) is 0 Å². The highest BCUT2D eigenvalue weighted by molar-refractivity contribution is 9.10. The second kappa shape index (κ2) is 51.8. The van der Waals surface area contributed by atoms with Crippen molar-refractivity contribution in [2.75, 3.05) is 26.0 Å². The van der Waals surface area contributed by atoms with Gasteiger partial charge in [-0.25, -0.2) is 9.55 Å². The number of nitrogens with two attached hydrogens (primary N) is 2. The minimum Gasteiger partial charge on any atom is -0.508 e. The third-order valence-corrected chi connectivity index (χ3v) is 26.8. The summed E-state index contributed by atoms with van der Waals surface area (Å²) in [7, 11) is 5.54. The fourth-order valence-corrected chi connectivity index (χ4v) is 19.6. The van der Waals surface area contributed by atoms with Gasteiger partial charge in [-0.1, -0.05) is 164 Å². The number of carboxylic acids is 5. The summed E-state index contributed by atoms with van der Waals surface area (Å²) in [4.78, 5) is 132. The van der Waals surface area contributed by atoms with Crippen molar-refractivity contribution in [3.8, 4) is 11.5 Å². The van der Waals surface area contributed by atoms with Crippen LogP contribution in [0.1, 0.15) is 185 Å². The van der Waals surface area contributed by atoms with Gasteiger partial charge in [-0.3, -0.25) is 63.1 Å². The van der Waals surface area contributed by atoms with E-state index in [-0.39, 0.29) is 55.1 Å². The Bertz CT molecular complexity index is 5600. The number of aliphatic hydroxyl groups is 5. The summed E-state index contributed by atoms with van der Waals surface area (Å²) in [5.41, 5.74) is 14.8. The summed E-state index contributed by atoms with van der Waals surface area (Å²) in [5, 5.41) is 121. The number of hydrogen-bond acceptors (Lipinski definition) is 25. The second-order valence-corrected chi connectivity index (χ2v) is 35.9. The zero-order valence-electron chi connectivity index (χ0n) is 73.0. The molecule has 6 aromatic carbocycles. The highest BCUT2D eigenvalue weighted by Gasteiger charge is 2.68. The predicted molar refractivity (Wildman–Crippen MR) is 503 cm³/mol. The standard InChI is InChI=1S/C23H25NO8.C15H12Cl2O2.C14H14O3.C13H12BrN3.C9H16O4.C8H14O2S2.C6H9N3O3.C6H6N2O/c1-7(2)11-16-19(28)12-8(3)9-5-4-6-10(25)13(9)18(27)14(12)20(29)23(16,32)21(30)15(17(11)26)22(24)31;16-13-6-3-7-14(17)12(13)8-10-4-1-2-5-11(10)9-15(18)19;1-9(14(15)16)10-3-4-12-8-13(17-2)6-5-11(12)7-10;14-12-9(8-10-2-1-5-15-10)3-4-11-13(12)17-7-6-16-11;10-8(11)6-4-2-1-3-5-7-9(12)13;9-8(10)4-2-1-3-7-5-6-11-12-7;1-5-7-4-6(9(11)12)8(5)2-3-10;7-6(9)5-2-1-3-8-4-5/h4-8,11-12,16,19,25,27-28,30,32H,1-3H3,(H2,24,31);1-7H,8-9H2,(H,18,19);3-9H,1-2H3,(H,15,16);3-4,6-7H,1-2,5,8H2;1-7H2,(H,10,11)(H,12,13);7H,1-6H2,(H,9,10);4,10H,2-3H2,1H3;1-4H,(H2,7,9)/t8-,11-,12+,16+,19-,23-;;9-;;;7-;;/m0.0..1../s1. The van der Waals surface area contributed by atoms with E-state index in [0.29, 0.717) is 52.7 Å². The molecule has 3 aromatic heterocycles. The van der Waals surface area contributed by atoms with Crippen molar-refractivity contribution in [1.29, 1.82) is 0 Å². The average molecular weight is 1950 g/mol. The number of carboxylic acid groups (broad SMARTS) is 5. The molecule has 700 valence electrons. The molecule has 9 aromatic rings. The first-order valence-corrected chi connectivity index (χ1v) is 46.0. The summed E-state index contributed by atoms with van der Waals surface area (Å²) in [6.45, 7) is 9.36. The van der Waals surface area contributed by atoms with Gasteiger partial charge >= 0.3 is 35.7 Å². The molecule has 2 aliphatic heterocycles. The second-order valence-electron chi connectivity index (χ2n) is 31.5. The average Bonchev–Trinajstić information content (AvgIpc) is 1.40. The number of benzene rings is 6. The maximum Gasteiger partial charge on any atom is 0.342 e. The summed E-state index contributed by atoms with van der Waals surface area (Å²) in [6, 6.07) is 36.1. The van der Waals surface area contributed by atoms with Crippen molar-refractivity contribution in [3.05, 3.63) is 244 Å². The molecule has 2 amide bonds. The van der Waals surface area contributed by atoms with Crippen molar-refractivity contribution >= 4 is 153 Å². The number of aromatic hydroxyl groups is 1. The number of phenolic OH excluding ortho intramolecular Hbond substituents is 1. The maximum absolute atomic E-state index is 13.7. The molecule has 14 rings (SSSR count). The lowest BCUT2D eigenvalue weighted by atomic mass is 9.51. The zero-order chi connectivity index (χ0) is 96.5. The van der Waals surface area contributed by atoms with E-state index in [9.17, 15) is 78.8 Å². The number of rotatable bonds is 28. The molecule has 15 N–H and O–H groups in total. The summed E-state index contributed by atoms with van der Waals surface area (Å²) in [6.07, 6.45) is 19.2. The minimum absolute atomic E-state index is 0.00174. The van der Waals surface area contributed by atoms with Gasteiger partial charge in [0.25, 0.3) is 5.91 Å². The normalized spacial score (nSPS) is 18.1. The molecule has 32 nitrogen and oxygen atoms in total. The zero-order valence-corrected chi connectivity index (χ0v) is 77.7. The lowest BCUT2D eigenvalue weighted by Crippen LogP contribution is -2.67. The molecular formula is C94H108BrCl2N9O23S2. The molecule has 3 aliphatic carbocycles. The Morgan fingerprint density at radius 2 is 1.35 bits per heavy atom. The van der Waals surface area contributed by atoms with E-state index >= 15 is 0 Å². The van der Waals surface area contributed by atoms with Gasteiger partial charge in [0.2, 0.25) is 11.7 Å². The minimum atomic E-state index is -2.85. The molecule has 1 saturated heterocycles. The fourth-order valence-electron chi connectivity index (χ4n) is 15.5. The molecule has 8 atom stereocenters. The Labute approximate surface area is 782 Å². The Morgan fingerprint density at radius 3 is 1.91 bits per heavy atom. The molecule has 0 spiro atoms. The predicted octanol–water partition coefficient (Wildman–Crippen LogP) is 16.2. The number of aryl methyl sites for hydroxylation is 1. The lowest BCUT2D eigenvalue weighted by Gasteiger charge is -2.53. The van der Waals surface area contributed by atoms with Gasteiger partial charge in [0.05, 0.1) is 48.8 Å². The molecule has 37 heteroatoms. The number of carbonyl (C=O) groups excluding carboxylic acids is 4.